The summed E-state index contributed by atoms with van der Waals surface area (Å²) in [5, 5.41) is 14.4. The Bertz CT molecular complexity index is 1050. The molecular weight excluding hydrogens is 376 g/mol. The van der Waals surface area contributed by atoms with Crippen molar-refractivity contribution < 1.29 is 23.7 Å². The summed E-state index contributed by atoms with van der Waals surface area (Å²) in [5.41, 5.74) is 1.11. The van der Waals surface area contributed by atoms with E-state index in [4.69, 9.17) is 9.15 Å². The van der Waals surface area contributed by atoms with E-state index in [2.05, 4.69) is 5.32 Å². The molecule has 0 aliphatic carbocycles. The summed E-state index contributed by atoms with van der Waals surface area (Å²) in [6, 6.07) is 14.7. The Balaban J connectivity index is 1.50. The van der Waals surface area contributed by atoms with Gasteiger partial charge in [-0.3, -0.25) is 14.9 Å². The Morgan fingerprint density at radius 3 is 2.76 bits per heavy atom. The minimum absolute atomic E-state index is 0.0838. The van der Waals surface area contributed by atoms with Crippen LogP contribution < -0.4 is 5.32 Å². The highest BCUT2D eigenvalue weighted by molar-refractivity contribution is 5.89. The third kappa shape index (κ3) is 5.29. The number of amides is 1. The standard InChI is InChI=1S/C21H18N2O6/c1-14(19-12-16-6-2-3-8-18(16)29-19)22-20(24)13-28-21(25)10-9-15-5-4-7-17(11-15)23(26)27/h2-12,14H,13H2,1H3,(H,22,24)/b10-9+/t14-/m1/s1. The third-order valence-electron chi connectivity index (χ3n) is 4.09. The van der Waals surface area contributed by atoms with Crippen LogP contribution >= 0.6 is 0 Å². The maximum absolute atomic E-state index is 12.0. The molecule has 0 aliphatic rings. The fourth-order valence-electron chi connectivity index (χ4n) is 2.66. The molecule has 0 aliphatic heterocycles. The highest BCUT2D eigenvalue weighted by Gasteiger charge is 2.15. The third-order valence-corrected chi connectivity index (χ3v) is 4.09. The van der Waals surface area contributed by atoms with Gasteiger partial charge in [-0.1, -0.05) is 30.3 Å². The van der Waals surface area contributed by atoms with E-state index >= 15 is 0 Å². The zero-order valence-electron chi connectivity index (χ0n) is 15.5. The zero-order chi connectivity index (χ0) is 20.8. The van der Waals surface area contributed by atoms with Gasteiger partial charge in [0.25, 0.3) is 11.6 Å². The smallest absolute Gasteiger partial charge is 0.331 e. The number of hydrogen-bond donors (Lipinski definition) is 1. The Hall–Kier alpha value is -3.94. The summed E-state index contributed by atoms with van der Waals surface area (Å²) < 4.78 is 10.6. The summed E-state index contributed by atoms with van der Waals surface area (Å²) in [5.74, 6) is -0.616. The molecule has 0 saturated carbocycles. The molecule has 2 aromatic carbocycles. The fourth-order valence-corrected chi connectivity index (χ4v) is 2.66. The molecule has 3 aromatic rings. The molecule has 0 fully saturated rings. The molecule has 3 rings (SSSR count). The Kier molecular flexibility index (Phi) is 6.03. The Labute approximate surface area is 165 Å². The number of hydrogen-bond acceptors (Lipinski definition) is 6. The van der Waals surface area contributed by atoms with Crippen molar-refractivity contribution in [2.45, 2.75) is 13.0 Å². The van der Waals surface area contributed by atoms with Crippen molar-refractivity contribution in [1.29, 1.82) is 0 Å². The number of para-hydroxylation sites is 1. The normalized spacial score (nSPS) is 12.0. The lowest BCUT2D eigenvalue weighted by Crippen LogP contribution is -2.30. The molecule has 0 unspecified atom stereocenters. The summed E-state index contributed by atoms with van der Waals surface area (Å²) >= 11 is 0. The highest BCUT2D eigenvalue weighted by Crippen LogP contribution is 2.23. The van der Waals surface area contributed by atoms with Crippen LogP contribution in [0.2, 0.25) is 0 Å². The molecule has 1 amide bonds. The Morgan fingerprint density at radius 2 is 2.00 bits per heavy atom. The highest BCUT2D eigenvalue weighted by atomic mass is 16.6. The number of nitrogens with zero attached hydrogens (tertiary/aromatic N) is 1. The zero-order valence-corrected chi connectivity index (χ0v) is 15.5. The maximum Gasteiger partial charge on any atom is 0.331 e. The molecule has 1 atom stereocenters. The fraction of sp³-hybridized carbons (Fsp3) is 0.143. The minimum Gasteiger partial charge on any atom is -0.459 e. The van der Waals surface area contributed by atoms with Crippen molar-refractivity contribution in [3.63, 3.8) is 0 Å². The summed E-state index contributed by atoms with van der Waals surface area (Å²) in [4.78, 5) is 34.0. The predicted molar refractivity (Wildman–Crippen MR) is 106 cm³/mol. The summed E-state index contributed by atoms with van der Waals surface area (Å²) in [7, 11) is 0. The van der Waals surface area contributed by atoms with Crippen molar-refractivity contribution in [3.8, 4) is 0 Å². The van der Waals surface area contributed by atoms with Gasteiger partial charge in [-0.15, -0.1) is 0 Å². The number of nitro groups is 1. The number of carbonyl (C=O) groups is 2. The maximum atomic E-state index is 12.0. The van der Waals surface area contributed by atoms with Gasteiger partial charge in [0, 0.05) is 23.6 Å². The number of nitrogens with one attached hydrogen (secondary N) is 1. The van der Waals surface area contributed by atoms with E-state index < -0.39 is 29.4 Å². The van der Waals surface area contributed by atoms with Gasteiger partial charge in [0.2, 0.25) is 0 Å². The van der Waals surface area contributed by atoms with E-state index in [0.717, 1.165) is 17.0 Å². The van der Waals surface area contributed by atoms with Crippen LogP contribution in [0.15, 0.2) is 65.1 Å². The average Bonchev–Trinajstić information content (AvgIpc) is 3.15. The molecule has 8 heteroatoms. The Morgan fingerprint density at radius 1 is 1.21 bits per heavy atom. The van der Waals surface area contributed by atoms with Crippen molar-refractivity contribution >= 4 is 34.6 Å². The number of carbonyl (C=O) groups excluding carboxylic acids is 2. The van der Waals surface area contributed by atoms with Crippen molar-refractivity contribution in [3.05, 3.63) is 82.1 Å². The number of fused-ring (bicyclic) bond motifs is 1. The van der Waals surface area contributed by atoms with Crippen LogP contribution in [0.3, 0.4) is 0 Å². The van der Waals surface area contributed by atoms with E-state index in [9.17, 15) is 19.7 Å². The van der Waals surface area contributed by atoms with E-state index in [1.165, 1.54) is 24.3 Å². The molecule has 1 aromatic heterocycles. The van der Waals surface area contributed by atoms with Crippen LogP contribution in [-0.4, -0.2) is 23.4 Å². The van der Waals surface area contributed by atoms with Gasteiger partial charge in [-0.2, -0.15) is 0 Å². The molecule has 0 saturated heterocycles. The van der Waals surface area contributed by atoms with E-state index in [-0.39, 0.29) is 5.69 Å². The van der Waals surface area contributed by atoms with Gasteiger partial charge < -0.3 is 14.5 Å². The second kappa shape index (κ2) is 8.83. The van der Waals surface area contributed by atoms with Gasteiger partial charge in [0.05, 0.1) is 11.0 Å². The molecular formula is C21H18N2O6. The summed E-state index contributed by atoms with van der Waals surface area (Å²) in [6.07, 6.45) is 2.49. The van der Waals surface area contributed by atoms with Crippen molar-refractivity contribution in [2.24, 2.45) is 0 Å². The number of rotatable bonds is 7. The number of non-ortho nitro benzene ring substituents is 1. The second-order valence-electron chi connectivity index (χ2n) is 6.27. The SMILES string of the molecule is C[C@@H](NC(=O)COC(=O)/C=C/c1cccc([N+](=O)[O-])c1)c1cc2ccccc2o1. The molecule has 0 bridgehead atoms. The molecule has 1 N–H and O–H groups in total. The van der Waals surface area contributed by atoms with Crippen LogP contribution in [0.5, 0.6) is 0 Å². The topological polar surface area (TPSA) is 112 Å². The van der Waals surface area contributed by atoms with Crippen molar-refractivity contribution in [1.82, 2.24) is 5.32 Å². The number of benzene rings is 2. The monoisotopic (exact) mass is 394 g/mol. The number of nitro benzene ring substituents is 1. The first-order chi connectivity index (χ1) is 13.9. The predicted octanol–water partition coefficient (Wildman–Crippen LogP) is 3.77. The van der Waals surface area contributed by atoms with Crippen LogP contribution in [0.25, 0.3) is 17.0 Å². The first kappa shape index (κ1) is 19.8. The number of ether oxygens (including phenoxy) is 1. The van der Waals surface area contributed by atoms with Crippen molar-refractivity contribution in [2.75, 3.05) is 6.61 Å². The molecule has 0 spiro atoms. The van der Waals surface area contributed by atoms with Crippen LogP contribution in [0, 0.1) is 10.1 Å². The average molecular weight is 394 g/mol. The lowest BCUT2D eigenvalue weighted by atomic mass is 10.2. The number of furan rings is 1. The molecule has 148 valence electrons. The van der Waals surface area contributed by atoms with Crippen LogP contribution in [0.4, 0.5) is 5.69 Å². The van der Waals surface area contributed by atoms with Gasteiger partial charge in [0.1, 0.15) is 11.3 Å². The second-order valence-corrected chi connectivity index (χ2v) is 6.27. The molecule has 29 heavy (non-hydrogen) atoms. The molecule has 0 radical (unpaired) electrons. The quantitative estimate of drug-likeness (QED) is 0.282. The van der Waals surface area contributed by atoms with E-state index in [1.807, 2.05) is 30.3 Å². The first-order valence-corrected chi connectivity index (χ1v) is 8.79. The van der Waals surface area contributed by atoms with Gasteiger partial charge in [0.15, 0.2) is 6.61 Å². The van der Waals surface area contributed by atoms with E-state index in [0.29, 0.717) is 11.3 Å². The van der Waals surface area contributed by atoms with Gasteiger partial charge in [-0.25, -0.2) is 4.79 Å². The largest absolute Gasteiger partial charge is 0.459 e. The minimum atomic E-state index is -0.733. The van der Waals surface area contributed by atoms with Crippen LogP contribution in [0.1, 0.15) is 24.3 Å². The van der Waals surface area contributed by atoms with Gasteiger partial charge >= 0.3 is 5.97 Å². The molecule has 1 heterocycles. The lowest BCUT2D eigenvalue weighted by molar-refractivity contribution is -0.384. The number of esters is 1. The van der Waals surface area contributed by atoms with Gasteiger partial charge in [-0.05, 0) is 30.7 Å². The molecule has 8 nitrogen and oxygen atoms in total. The van der Waals surface area contributed by atoms with Crippen LogP contribution in [-0.2, 0) is 14.3 Å². The summed E-state index contributed by atoms with van der Waals surface area (Å²) in [6.45, 7) is 1.31. The lowest BCUT2D eigenvalue weighted by Gasteiger charge is -2.11. The first-order valence-electron chi connectivity index (χ1n) is 8.79. The van der Waals surface area contributed by atoms with E-state index in [1.54, 1.807) is 13.0 Å².